The molecule has 3 aromatic rings. The minimum atomic E-state index is -4.67. The number of hydrogen-bond acceptors (Lipinski definition) is 4. The highest BCUT2D eigenvalue weighted by atomic mass is 19.4. The van der Waals surface area contributed by atoms with Gasteiger partial charge in [-0.2, -0.15) is 18.3 Å². The van der Waals surface area contributed by atoms with Gasteiger partial charge >= 0.3 is 6.18 Å². The summed E-state index contributed by atoms with van der Waals surface area (Å²) in [5, 5.41) is 3.95. The number of aromatic nitrogens is 4. The number of nitrogens with two attached hydrogens (primary N) is 1. The second-order valence-electron chi connectivity index (χ2n) is 4.73. The fraction of sp³-hybridized carbons (Fsp3) is 0.0667. The summed E-state index contributed by atoms with van der Waals surface area (Å²) in [5.41, 5.74) is 4.27. The third kappa shape index (κ3) is 2.96. The molecular weight excluding hydrogens is 323 g/mol. The molecule has 0 aromatic carbocycles. The molecule has 0 bridgehead atoms. The minimum absolute atomic E-state index is 0.0747. The van der Waals surface area contributed by atoms with Crippen molar-refractivity contribution in [2.45, 2.75) is 6.18 Å². The van der Waals surface area contributed by atoms with Gasteiger partial charge in [0.1, 0.15) is 5.69 Å². The van der Waals surface area contributed by atoms with Crippen LogP contribution in [0.2, 0.25) is 0 Å². The Morgan fingerprint density at radius 3 is 2.71 bits per heavy atom. The zero-order valence-electron chi connectivity index (χ0n) is 11.9. The summed E-state index contributed by atoms with van der Waals surface area (Å²) >= 11 is 0. The van der Waals surface area contributed by atoms with E-state index in [1.54, 1.807) is 12.1 Å². The lowest BCUT2D eigenvalue weighted by Crippen LogP contribution is -2.17. The predicted octanol–water partition coefficient (Wildman–Crippen LogP) is 2.25. The first-order valence-electron chi connectivity index (χ1n) is 6.63. The quantitative estimate of drug-likeness (QED) is 0.797. The van der Waals surface area contributed by atoms with E-state index in [1.165, 1.54) is 24.5 Å². The highest BCUT2D eigenvalue weighted by Crippen LogP contribution is 2.33. The molecule has 3 heterocycles. The molecule has 6 nitrogen and oxygen atoms in total. The number of pyridine rings is 2. The van der Waals surface area contributed by atoms with Gasteiger partial charge < -0.3 is 5.73 Å². The first kappa shape index (κ1) is 15.7. The third-order valence-corrected chi connectivity index (χ3v) is 3.09. The van der Waals surface area contributed by atoms with Crippen LogP contribution in [0.3, 0.4) is 0 Å². The van der Waals surface area contributed by atoms with Crippen molar-refractivity contribution >= 4 is 5.91 Å². The molecule has 0 spiro atoms. The maximum atomic E-state index is 13.3. The van der Waals surface area contributed by atoms with E-state index in [-0.39, 0.29) is 17.2 Å². The summed E-state index contributed by atoms with van der Waals surface area (Å²) in [4.78, 5) is 18.8. The molecule has 0 aliphatic heterocycles. The Morgan fingerprint density at radius 1 is 1.29 bits per heavy atom. The minimum Gasteiger partial charge on any atom is -0.364 e. The average molecular weight is 332 g/mol. The number of hydrogen-bond donors (Lipinski definition) is 1. The normalized spacial score (nSPS) is 11.5. The lowest BCUT2D eigenvalue weighted by atomic mass is 10.2. The number of halogens is 3. The van der Waals surface area contributed by atoms with Gasteiger partial charge in [0.15, 0.2) is 11.5 Å². The van der Waals surface area contributed by atoms with Gasteiger partial charge in [0, 0.05) is 24.0 Å². The van der Waals surface area contributed by atoms with Crippen LogP contribution in [-0.4, -0.2) is 25.7 Å². The number of rotatable bonds is 3. The first-order valence-corrected chi connectivity index (χ1v) is 6.63. The van der Waals surface area contributed by atoms with E-state index >= 15 is 0 Å². The summed E-state index contributed by atoms with van der Waals surface area (Å²) in [6.07, 6.45) is -1.77. The van der Waals surface area contributed by atoms with Crippen LogP contribution in [0, 0.1) is 6.07 Å². The van der Waals surface area contributed by atoms with Crippen molar-refractivity contribution in [1.82, 2.24) is 19.7 Å². The third-order valence-electron chi connectivity index (χ3n) is 3.09. The molecule has 0 aliphatic rings. The molecular formula is C15H9F3N5O. The Labute approximate surface area is 133 Å². The summed E-state index contributed by atoms with van der Waals surface area (Å²) in [5.74, 6) is -1.09. The summed E-state index contributed by atoms with van der Waals surface area (Å²) in [6.45, 7) is 0. The van der Waals surface area contributed by atoms with Gasteiger partial charge in [-0.3, -0.25) is 9.78 Å². The van der Waals surface area contributed by atoms with Gasteiger partial charge in [0.05, 0.1) is 5.69 Å². The Kier molecular flexibility index (Phi) is 3.76. The van der Waals surface area contributed by atoms with E-state index in [0.29, 0.717) is 10.2 Å². The molecule has 24 heavy (non-hydrogen) atoms. The molecule has 3 aromatic heterocycles. The van der Waals surface area contributed by atoms with E-state index in [4.69, 9.17) is 5.73 Å². The van der Waals surface area contributed by atoms with Crippen LogP contribution in [0.25, 0.3) is 17.1 Å². The van der Waals surface area contributed by atoms with Gasteiger partial charge in [-0.1, -0.05) is 0 Å². The monoisotopic (exact) mass is 332 g/mol. The van der Waals surface area contributed by atoms with Crippen LogP contribution in [0.5, 0.6) is 0 Å². The fourth-order valence-corrected chi connectivity index (χ4v) is 2.04. The van der Waals surface area contributed by atoms with Gasteiger partial charge in [-0.05, 0) is 30.3 Å². The molecule has 0 unspecified atom stereocenters. The summed E-state index contributed by atoms with van der Waals surface area (Å²) < 4.78 is 40.6. The van der Waals surface area contributed by atoms with Gasteiger partial charge in [0.2, 0.25) is 0 Å². The highest BCUT2D eigenvalue weighted by molar-refractivity contribution is 5.90. The van der Waals surface area contributed by atoms with Crippen LogP contribution in [-0.2, 0) is 6.18 Å². The van der Waals surface area contributed by atoms with E-state index < -0.39 is 17.8 Å². The number of alkyl halides is 3. The Hall–Kier alpha value is -3.23. The molecule has 2 N–H and O–H groups in total. The van der Waals surface area contributed by atoms with Crippen LogP contribution in [0.1, 0.15) is 16.2 Å². The van der Waals surface area contributed by atoms with Gasteiger partial charge in [-0.15, -0.1) is 0 Å². The van der Waals surface area contributed by atoms with Gasteiger partial charge in [-0.25, -0.2) is 9.67 Å². The van der Waals surface area contributed by atoms with Gasteiger partial charge in [0.25, 0.3) is 5.91 Å². The van der Waals surface area contributed by atoms with E-state index in [0.717, 1.165) is 6.07 Å². The second kappa shape index (κ2) is 5.76. The Morgan fingerprint density at radius 2 is 2.08 bits per heavy atom. The average Bonchev–Trinajstić information content (AvgIpc) is 3.01. The van der Waals surface area contributed by atoms with Crippen molar-refractivity contribution in [3.05, 3.63) is 60.2 Å². The zero-order valence-corrected chi connectivity index (χ0v) is 11.9. The van der Waals surface area contributed by atoms with Crippen molar-refractivity contribution in [2.75, 3.05) is 0 Å². The van der Waals surface area contributed by atoms with Crippen LogP contribution in [0.4, 0.5) is 13.2 Å². The molecule has 1 amide bonds. The highest BCUT2D eigenvalue weighted by Gasteiger charge is 2.37. The second-order valence-corrected chi connectivity index (χ2v) is 4.73. The SMILES string of the molecule is NC(=O)c1[c]ccc(-n2nc(-c3cccnc3)cc2C(F)(F)F)n1. The predicted molar refractivity (Wildman–Crippen MR) is 76.9 cm³/mol. The van der Waals surface area contributed by atoms with Crippen molar-refractivity contribution in [3.8, 4) is 17.1 Å². The van der Waals surface area contributed by atoms with E-state index in [1.807, 2.05) is 0 Å². The van der Waals surface area contributed by atoms with E-state index in [2.05, 4.69) is 21.1 Å². The van der Waals surface area contributed by atoms with Crippen LogP contribution < -0.4 is 5.73 Å². The molecule has 0 saturated carbocycles. The number of nitrogens with zero attached hydrogens (tertiary/aromatic N) is 4. The van der Waals surface area contributed by atoms with Crippen molar-refractivity contribution in [1.29, 1.82) is 0 Å². The first-order chi connectivity index (χ1) is 11.4. The maximum Gasteiger partial charge on any atom is 0.433 e. The number of primary amides is 1. The molecule has 9 heteroatoms. The topological polar surface area (TPSA) is 86.7 Å². The molecule has 0 saturated heterocycles. The number of amides is 1. The fourth-order valence-electron chi connectivity index (χ4n) is 2.04. The number of carbonyl (C=O) groups excluding carboxylic acids is 1. The molecule has 121 valence electrons. The largest absolute Gasteiger partial charge is 0.433 e. The Bertz CT molecular complexity index is 890. The van der Waals surface area contributed by atoms with Crippen LogP contribution in [0.15, 0.2) is 42.7 Å². The molecule has 0 aliphatic carbocycles. The molecule has 1 radical (unpaired) electrons. The lowest BCUT2D eigenvalue weighted by Gasteiger charge is -2.09. The number of carbonyl (C=O) groups is 1. The van der Waals surface area contributed by atoms with Crippen molar-refractivity contribution in [2.24, 2.45) is 5.73 Å². The zero-order chi connectivity index (χ0) is 17.3. The Balaban J connectivity index is 2.18. The summed E-state index contributed by atoms with van der Waals surface area (Å²) in [6, 6.07) is 9.02. The van der Waals surface area contributed by atoms with Crippen molar-refractivity contribution in [3.63, 3.8) is 0 Å². The van der Waals surface area contributed by atoms with E-state index in [9.17, 15) is 18.0 Å². The van der Waals surface area contributed by atoms with Crippen molar-refractivity contribution < 1.29 is 18.0 Å². The molecule has 0 fully saturated rings. The molecule has 3 rings (SSSR count). The maximum absolute atomic E-state index is 13.3. The standard InChI is InChI=1S/C15H9F3N5O/c16-15(17,18)12-7-11(9-3-2-6-20-8-9)22-23(12)13-5-1-4-10(21-13)14(19)24/h1-3,5-8H,(H2,19,24). The van der Waals surface area contributed by atoms with Crippen LogP contribution >= 0.6 is 0 Å². The molecule has 0 atom stereocenters. The smallest absolute Gasteiger partial charge is 0.364 e. The lowest BCUT2D eigenvalue weighted by molar-refractivity contribution is -0.142. The summed E-state index contributed by atoms with van der Waals surface area (Å²) in [7, 11) is 0.